The molecule has 0 aromatic carbocycles. The van der Waals surface area contributed by atoms with E-state index >= 15 is 0 Å². The largest absolute Gasteiger partial charge is 0.325 e. The van der Waals surface area contributed by atoms with Gasteiger partial charge in [0.25, 0.3) is 0 Å². The molecule has 4 rings (SSSR count). The summed E-state index contributed by atoms with van der Waals surface area (Å²) in [5.74, 6) is 0.817. The van der Waals surface area contributed by atoms with Crippen LogP contribution in [0.3, 0.4) is 0 Å². The van der Waals surface area contributed by atoms with Crippen LogP contribution in [0.25, 0.3) is 0 Å². The first-order valence-corrected chi connectivity index (χ1v) is 8.78. The van der Waals surface area contributed by atoms with E-state index in [1.165, 1.54) is 12.8 Å². The van der Waals surface area contributed by atoms with Crippen molar-refractivity contribution in [3.05, 3.63) is 24.5 Å². The number of hydrogen-bond acceptors (Lipinski definition) is 4. The van der Waals surface area contributed by atoms with E-state index in [4.69, 9.17) is 0 Å². The van der Waals surface area contributed by atoms with E-state index in [2.05, 4.69) is 9.88 Å². The number of aromatic nitrogens is 1. The Morgan fingerprint density at radius 1 is 1.38 bits per heavy atom. The fourth-order valence-electron chi connectivity index (χ4n) is 4.16. The Labute approximate surface area is 142 Å². The van der Waals surface area contributed by atoms with Gasteiger partial charge in [-0.15, -0.1) is 0 Å². The average molecular weight is 328 g/mol. The van der Waals surface area contributed by atoms with E-state index in [1.807, 2.05) is 21.9 Å². The van der Waals surface area contributed by atoms with Crippen molar-refractivity contribution in [1.29, 1.82) is 0 Å². The molecule has 3 aliphatic rings. The number of anilines is 1. The number of carbonyl (C=O) groups excluding carboxylic acids is 2. The topological polar surface area (TPSA) is 56.8 Å². The quantitative estimate of drug-likeness (QED) is 0.835. The zero-order valence-corrected chi connectivity index (χ0v) is 14.1. The molecular weight excluding hydrogens is 304 g/mol. The minimum absolute atomic E-state index is 0.00228. The van der Waals surface area contributed by atoms with Crippen molar-refractivity contribution in [1.82, 2.24) is 14.8 Å². The molecule has 24 heavy (non-hydrogen) atoms. The molecule has 3 fully saturated rings. The molecule has 1 atom stereocenters. The Hall–Kier alpha value is -1.95. The lowest BCUT2D eigenvalue weighted by molar-refractivity contribution is -0.142. The van der Waals surface area contributed by atoms with Crippen LogP contribution in [0.15, 0.2) is 24.5 Å². The molecule has 3 heterocycles. The van der Waals surface area contributed by atoms with E-state index in [1.54, 1.807) is 19.3 Å². The van der Waals surface area contributed by atoms with Crippen molar-refractivity contribution in [2.75, 3.05) is 37.6 Å². The van der Waals surface area contributed by atoms with Crippen molar-refractivity contribution < 1.29 is 9.59 Å². The highest BCUT2D eigenvalue weighted by molar-refractivity contribution is 5.98. The molecular formula is C18H24N4O2. The van der Waals surface area contributed by atoms with Gasteiger partial charge in [-0.3, -0.25) is 14.6 Å². The smallest absolute Gasteiger partial charge is 0.246 e. The van der Waals surface area contributed by atoms with Crippen LogP contribution < -0.4 is 4.90 Å². The SMILES string of the molecule is CC(=O)N1CC(=O)N(c2cccnc2)C[C@]12CCN(CC1CC1)C2. The van der Waals surface area contributed by atoms with Crippen molar-refractivity contribution in [2.45, 2.75) is 31.7 Å². The minimum Gasteiger partial charge on any atom is -0.325 e. The molecule has 0 unspecified atom stereocenters. The van der Waals surface area contributed by atoms with Crippen LogP contribution >= 0.6 is 0 Å². The predicted octanol–water partition coefficient (Wildman–Crippen LogP) is 1.13. The van der Waals surface area contributed by atoms with Crippen molar-refractivity contribution in [3.8, 4) is 0 Å². The van der Waals surface area contributed by atoms with Gasteiger partial charge in [0, 0.05) is 32.8 Å². The first kappa shape index (κ1) is 15.6. The number of piperazine rings is 1. The first-order chi connectivity index (χ1) is 11.6. The Morgan fingerprint density at radius 2 is 2.21 bits per heavy atom. The highest BCUT2D eigenvalue weighted by Gasteiger charge is 2.50. The molecule has 1 aromatic rings. The highest BCUT2D eigenvalue weighted by atomic mass is 16.2. The number of carbonyl (C=O) groups is 2. The molecule has 1 spiro atoms. The Morgan fingerprint density at radius 3 is 2.88 bits per heavy atom. The summed E-state index contributed by atoms with van der Waals surface area (Å²) in [5.41, 5.74) is 0.565. The molecule has 0 radical (unpaired) electrons. The lowest BCUT2D eigenvalue weighted by Gasteiger charge is -2.48. The van der Waals surface area contributed by atoms with E-state index in [0.29, 0.717) is 6.54 Å². The third-order valence-corrected chi connectivity index (χ3v) is 5.58. The number of rotatable bonds is 3. The maximum atomic E-state index is 12.6. The van der Waals surface area contributed by atoms with Gasteiger partial charge in [-0.2, -0.15) is 0 Å². The summed E-state index contributed by atoms with van der Waals surface area (Å²) < 4.78 is 0. The second kappa shape index (κ2) is 5.84. The van der Waals surface area contributed by atoms with Crippen LogP contribution in [0.4, 0.5) is 5.69 Å². The molecule has 128 valence electrons. The molecule has 2 aliphatic heterocycles. The van der Waals surface area contributed by atoms with Gasteiger partial charge >= 0.3 is 0 Å². The second-order valence-electron chi connectivity index (χ2n) is 7.45. The minimum atomic E-state index is -0.259. The summed E-state index contributed by atoms with van der Waals surface area (Å²) in [6, 6.07) is 3.76. The van der Waals surface area contributed by atoms with Gasteiger partial charge in [0.2, 0.25) is 11.8 Å². The Bertz CT molecular complexity index is 646. The van der Waals surface area contributed by atoms with Crippen LogP contribution in [0.5, 0.6) is 0 Å². The highest BCUT2D eigenvalue weighted by Crippen LogP contribution is 2.37. The van der Waals surface area contributed by atoms with Gasteiger partial charge in [-0.25, -0.2) is 0 Å². The lowest BCUT2D eigenvalue weighted by atomic mass is 9.92. The fraction of sp³-hybridized carbons (Fsp3) is 0.611. The standard InChI is InChI=1S/C18H24N4O2/c1-14(23)22-11-17(24)21(16-3-2-7-19-9-16)13-18(22)6-8-20(12-18)10-15-4-5-15/h2-3,7,9,15H,4-6,8,10-13H2,1H3/t18-/m1/s1. The van der Waals surface area contributed by atoms with Crippen LogP contribution in [-0.2, 0) is 9.59 Å². The van der Waals surface area contributed by atoms with E-state index in [9.17, 15) is 9.59 Å². The molecule has 1 aromatic heterocycles. The number of hydrogen-bond donors (Lipinski definition) is 0. The predicted molar refractivity (Wildman–Crippen MR) is 90.5 cm³/mol. The van der Waals surface area contributed by atoms with Gasteiger partial charge in [0.1, 0.15) is 6.54 Å². The lowest BCUT2D eigenvalue weighted by Crippen LogP contribution is -2.66. The van der Waals surface area contributed by atoms with Gasteiger partial charge in [-0.05, 0) is 37.3 Å². The summed E-state index contributed by atoms with van der Waals surface area (Å²) in [5, 5.41) is 0. The second-order valence-corrected chi connectivity index (χ2v) is 7.45. The third-order valence-electron chi connectivity index (χ3n) is 5.58. The number of likely N-dealkylation sites (tertiary alicyclic amines) is 1. The van der Waals surface area contributed by atoms with E-state index in [0.717, 1.165) is 37.7 Å². The van der Waals surface area contributed by atoms with E-state index < -0.39 is 0 Å². The number of pyridine rings is 1. The summed E-state index contributed by atoms with van der Waals surface area (Å²) in [4.78, 5) is 35.1. The van der Waals surface area contributed by atoms with Crippen LogP contribution in [0.1, 0.15) is 26.2 Å². The molecule has 1 saturated carbocycles. The summed E-state index contributed by atoms with van der Waals surface area (Å²) in [6.07, 6.45) is 7.04. The Kier molecular flexibility index (Phi) is 3.79. The molecule has 0 N–H and O–H groups in total. The van der Waals surface area contributed by atoms with Gasteiger partial charge in [-0.1, -0.05) is 0 Å². The van der Waals surface area contributed by atoms with Gasteiger partial charge in [0.15, 0.2) is 0 Å². The van der Waals surface area contributed by atoms with Gasteiger partial charge in [0.05, 0.1) is 24.0 Å². The fourth-order valence-corrected chi connectivity index (χ4v) is 4.16. The molecule has 1 aliphatic carbocycles. The first-order valence-electron chi connectivity index (χ1n) is 8.78. The van der Waals surface area contributed by atoms with Crippen LogP contribution in [-0.4, -0.2) is 64.9 Å². The van der Waals surface area contributed by atoms with Crippen molar-refractivity contribution >= 4 is 17.5 Å². The molecule has 2 amide bonds. The maximum absolute atomic E-state index is 12.6. The number of amides is 2. The van der Waals surface area contributed by atoms with Crippen molar-refractivity contribution in [3.63, 3.8) is 0 Å². The van der Waals surface area contributed by atoms with E-state index in [-0.39, 0.29) is 23.9 Å². The third kappa shape index (κ3) is 2.79. The summed E-state index contributed by atoms with van der Waals surface area (Å²) in [7, 11) is 0. The molecule has 2 saturated heterocycles. The Balaban J connectivity index is 1.59. The van der Waals surface area contributed by atoms with Crippen LogP contribution in [0.2, 0.25) is 0 Å². The van der Waals surface area contributed by atoms with Crippen LogP contribution in [0, 0.1) is 5.92 Å². The normalized spacial score (nSPS) is 28.0. The average Bonchev–Trinajstić information content (AvgIpc) is 3.30. The number of nitrogens with zero attached hydrogens (tertiary/aromatic N) is 4. The maximum Gasteiger partial charge on any atom is 0.246 e. The zero-order valence-electron chi connectivity index (χ0n) is 14.1. The molecule has 6 nitrogen and oxygen atoms in total. The van der Waals surface area contributed by atoms with Crippen molar-refractivity contribution in [2.24, 2.45) is 5.92 Å². The molecule has 0 bridgehead atoms. The zero-order chi connectivity index (χ0) is 16.7. The summed E-state index contributed by atoms with van der Waals surface area (Å²) >= 11 is 0. The van der Waals surface area contributed by atoms with Gasteiger partial charge < -0.3 is 14.7 Å². The monoisotopic (exact) mass is 328 g/mol. The summed E-state index contributed by atoms with van der Waals surface area (Å²) in [6.45, 7) is 5.33. The molecule has 6 heteroatoms.